The third-order valence-corrected chi connectivity index (χ3v) is 4.23. The lowest BCUT2D eigenvalue weighted by Crippen LogP contribution is -2.32. The van der Waals surface area contributed by atoms with Crippen molar-refractivity contribution in [2.45, 2.75) is 38.8 Å². The minimum Gasteiger partial charge on any atom is -0.480 e. The summed E-state index contributed by atoms with van der Waals surface area (Å²) >= 11 is 1.13. The SMILES string of the molecule is CCc1nc2n(n1)CCCC2NC(=O)c1cc(OC)ns1. The zero-order valence-electron chi connectivity index (χ0n) is 12.0. The molecule has 3 rings (SSSR count). The van der Waals surface area contributed by atoms with Crippen LogP contribution in [0.15, 0.2) is 6.07 Å². The van der Waals surface area contributed by atoms with Gasteiger partial charge in [-0.15, -0.1) is 0 Å². The molecule has 0 saturated heterocycles. The van der Waals surface area contributed by atoms with Gasteiger partial charge in [-0.05, 0) is 24.4 Å². The van der Waals surface area contributed by atoms with Gasteiger partial charge in [0.05, 0.1) is 13.2 Å². The van der Waals surface area contributed by atoms with E-state index in [-0.39, 0.29) is 11.9 Å². The highest BCUT2D eigenvalue weighted by Crippen LogP contribution is 2.24. The van der Waals surface area contributed by atoms with Gasteiger partial charge in [0, 0.05) is 19.0 Å². The average Bonchev–Trinajstić information content (AvgIpc) is 3.14. The summed E-state index contributed by atoms with van der Waals surface area (Å²) < 4.78 is 10.9. The van der Waals surface area contributed by atoms with Gasteiger partial charge in [0.25, 0.3) is 5.91 Å². The fraction of sp³-hybridized carbons (Fsp3) is 0.538. The van der Waals surface area contributed by atoms with E-state index in [9.17, 15) is 4.79 Å². The number of rotatable bonds is 4. The fourth-order valence-corrected chi connectivity index (χ4v) is 2.99. The lowest BCUT2D eigenvalue weighted by molar-refractivity contribution is 0.0931. The Bertz CT molecular complexity index is 651. The summed E-state index contributed by atoms with van der Waals surface area (Å²) in [4.78, 5) is 17.3. The Morgan fingerprint density at radius 1 is 1.62 bits per heavy atom. The van der Waals surface area contributed by atoms with Crippen molar-refractivity contribution >= 4 is 17.4 Å². The molecule has 7 nitrogen and oxygen atoms in total. The second kappa shape index (κ2) is 5.80. The van der Waals surface area contributed by atoms with Crippen LogP contribution in [0.1, 0.15) is 47.1 Å². The molecule has 0 saturated carbocycles. The summed E-state index contributed by atoms with van der Waals surface area (Å²) in [5.74, 6) is 1.99. The summed E-state index contributed by atoms with van der Waals surface area (Å²) in [6.45, 7) is 2.89. The van der Waals surface area contributed by atoms with Crippen LogP contribution in [-0.2, 0) is 13.0 Å². The first-order valence-corrected chi connectivity index (χ1v) is 7.73. The summed E-state index contributed by atoms with van der Waals surface area (Å²) in [7, 11) is 1.53. The van der Waals surface area contributed by atoms with Gasteiger partial charge in [0.1, 0.15) is 10.7 Å². The molecule has 0 fully saturated rings. The largest absolute Gasteiger partial charge is 0.480 e. The van der Waals surface area contributed by atoms with Crippen LogP contribution < -0.4 is 10.1 Å². The lowest BCUT2D eigenvalue weighted by atomic mass is 10.1. The summed E-state index contributed by atoms with van der Waals surface area (Å²) in [5.41, 5.74) is 0. The molecule has 1 atom stereocenters. The molecule has 1 amide bonds. The van der Waals surface area contributed by atoms with E-state index in [1.807, 2.05) is 11.6 Å². The lowest BCUT2D eigenvalue weighted by Gasteiger charge is -2.22. The number of fused-ring (bicyclic) bond motifs is 1. The molecule has 0 bridgehead atoms. The predicted molar refractivity (Wildman–Crippen MR) is 77.5 cm³/mol. The number of aryl methyl sites for hydroxylation is 2. The van der Waals surface area contributed by atoms with E-state index in [0.717, 1.165) is 49.0 Å². The minimum atomic E-state index is -0.143. The normalized spacial score (nSPS) is 17.3. The maximum atomic E-state index is 12.3. The van der Waals surface area contributed by atoms with Gasteiger partial charge in [-0.3, -0.25) is 4.79 Å². The van der Waals surface area contributed by atoms with Crippen molar-refractivity contribution in [3.63, 3.8) is 0 Å². The zero-order valence-corrected chi connectivity index (χ0v) is 12.8. The van der Waals surface area contributed by atoms with Crippen LogP contribution in [0, 0.1) is 0 Å². The first-order valence-electron chi connectivity index (χ1n) is 6.96. The van der Waals surface area contributed by atoms with Crippen LogP contribution in [-0.4, -0.2) is 32.2 Å². The Kier molecular flexibility index (Phi) is 3.87. The number of methoxy groups -OCH3 is 1. The first kappa shape index (κ1) is 14.0. The van der Waals surface area contributed by atoms with E-state index in [2.05, 4.69) is 19.8 Å². The Morgan fingerprint density at radius 2 is 2.48 bits per heavy atom. The van der Waals surface area contributed by atoms with Crippen molar-refractivity contribution in [3.8, 4) is 5.88 Å². The molecule has 0 aromatic carbocycles. The highest BCUT2D eigenvalue weighted by Gasteiger charge is 2.26. The molecular formula is C13H17N5O2S. The number of aromatic nitrogens is 4. The van der Waals surface area contributed by atoms with Crippen LogP contribution in [0.3, 0.4) is 0 Å². The van der Waals surface area contributed by atoms with Crippen molar-refractivity contribution in [2.24, 2.45) is 0 Å². The molecular weight excluding hydrogens is 290 g/mol. The highest BCUT2D eigenvalue weighted by atomic mass is 32.1. The Labute approximate surface area is 126 Å². The van der Waals surface area contributed by atoms with Gasteiger partial charge in [0.2, 0.25) is 5.88 Å². The van der Waals surface area contributed by atoms with Crippen LogP contribution in [0.2, 0.25) is 0 Å². The topological polar surface area (TPSA) is 81.9 Å². The maximum Gasteiger partial charge on any atom is 0.263 e. The molecule has 3 heterocycles. The van der Waals surface area contributed by atoms with Crippen molar-refractivity contribution in [2.75, 3.05) is 7.11 Å². The molecule has 0 spiro atoms. The monoisotopic (exact) mass is 307 g/mol. The van der Waals surface area contributed by atoms with Crippen molar-refractivity contribution in [3.05, 3.63) is 22.6 Å². The minimum absolute atomic E-state index is 0.0906. The van der Waals surface area contributed by atoms with E-state index in [0.29, 0.717) is 10.8 Å². The molecule has 1 unspecified atom stereocenters. The molecule has 112 valence electrons. The first-order chi connectivity index (χ1) is 10.2. The fourth-order valence-electron chi connectivity index (χ4n) is 2.38. The molecule has 21 heavy (non-hydrogen) atoms. The van der Waals surface area contributed by atoms with Gasteiger partial charge in [0.15, 0.2) is 5.82 Å². The summed E-state index contributed by atoms with van der Waals surface area (Å²) in [6.07, 6.45) is 2.66. The Hall–Kier alpha value is -1.96. The zero-order chi connectivity index (χ0) is 14.8. The van der Waals surface area contributed by atoms with Gasteiger partial charge in [-0.2, -0.15) is 9.47 Å². The van der Waals surface area contributed by atoms with Crippen LogP contribution in [0.25, 0.3) is 0 Å². The number of amides is 1. The van der Waals surface area contributed by atoms with Crippen LogP contribution in [0.4, 0.5) is 0 Å². The van der Waals surface area contributed by atoms with Crippen LogP contribution >= 0.6 is 11.5 Å². The molecule has 2 aromatic heterocycles. The van der Waals surface area contributed by atoms with Crippen LogP contribution in [0.5, 0.6) is 5.88 Å². The van der Waals surface area contributed by atoms with Gasteiger partial charge in [-0.25, -0.2) is 9.67 Å². The number of hydrogen-bond acceptors (Lipinski definition) is 6. The number of hydrogen-bond donors (Lipinski definition) is 1. The third kappa shape index (κ3) is 2.76. The second-order valence-corrected chi connectivity index (χ2v) is 5.67. The highest BCUT2D eigenvalue weighted by molar-refractivity contribution is 7.08. The van der Waals surface area contributed by atoms with Gasteiger partial charge < -0.3 is 10.1 Å². The number of nitrogens with one attached hydrogen (secondary N) is 1. The molecule has 1 aliphatic heterocycles. The van der Waals surface area contributed by atoms with Gasteiger partial charge >= 0.3 is 0 Å². The molecule has 1 aliphatic rings. The second-order valence-electron chi connectivity index (χ2n) is 4.86. The Morgan fingerprint density at radius 3 is 3.19 bits per heavy atom. The van der Waals surface area contributed by atoms with Crippen molar-refractivity contribution < 1.29 is 9.53 Å². The number of ether oxygens (including phenoxy) is 1. The van der Waals surface area contributed by atoms with E-state index in [4.69, 9.17) is 4.74 Å². The average molecular weight is 307 g/mol. The molecule has 8 heteroatoms. The van der Waals surface area contributed by atoms with Gasteiger partial charge in [-0.1, -0.05) is 6.92 Å². The smallest absolute Gasteiger partial charge is 0.263 e. The molecule has 0 radical (unpaired) electrons. The van der Waals surface area contributed by atoms with E-state index in [1.165, 1.54) is 7.11 Å². The number of carbonyl (C=O) groups is 1. The van der Waals surface area contributed by atoms with Crippen molar-refractivity contribution in [1.82, 2.24) is 24.5 Å². The molecule has 2 aromatic rings. The summed E-state index contributed by atoms with van der Waals surface area (Å²) in [6, 6.07) is 1.55. The van der Waals surface area contributed by atoms with Crippen molar-refractivity contribution in [1.29, 1.82) is 0 Å². The van der Waals surface area contributed by atoms with E-state index < -0.39 is 0 Å². The quantitative estimate of drug-likeness (QED) is 0.927. The summed E-state index contributed by atoms with van der Waals surface area (Å²) in [5, 5.41) is 7.46. The maximum absolute atomic E-state index is 12.3. The van der Waals surface area contributed by atoms with E-state index >= 15 is 0 Å². The Balaban J connectivity index is 1.76. The number of nitrogens with zero attached hydrogens (tertiary/aromatic N) is 4. The predicted octanol–water partition coefficient (Wildman–Crippen LogP) is 1.57. The molecule has 1 N–H and O–H groups in total. The standard InChI is InChI=1S/C13H17N5O2S/c1-3-10-15-12-8(5-4-6-18(12)16-10)14-13(19)9-7-11(20-2)17-21-9/h7-8H,3-6H2,1-2H3,(H,14,19). The molecule has 0 aliphatic carbocycles. The van der Waals surface area contributed by atoms with E-state index in [1.54, 1.807) is 6.07 Å². The number of carbonyl (C=O) groups excluding carboxylic acids is 1. The third-order valence-electron chi connectivity index (χ3n) is 3.46.